The molecule has 120 valence electrons. The average Bonchev–Trinajstić information content (AvgIpc) is 2.36. The summed E-state index contributed by atoms with van der Waals surface area (Å²) in [4.78, 5) is 15.0. The third kappa shape index (κ3) is 5.56. The molecule has 7 heteroatoms. The van der Waals surface area contributed by atoms with Gasteiger partial charge in [0.1, 0.15) is 5.60 Å². The van der Waals surface area contributed by atoms with E-state index < -0.39 is 29.1 Å². The minimum atomic E-state index is -1.22. The van der Waals surface area contributed by atoms with Crippen LogP contribution in [0.3, 0.4) is 0 Å². The van der Waals surface area contributed by atoms with E-state index in [1.165, 1.54) is 0 Å². The molecule has 1 rings (SSSR count). The lowest BCUT2D eigenvalue weighted by Gasteiger charge is -2.21. The van der Waals surface area contributed by atoms with E-state index >= 15 is 0 Å². The van der Waals surface area contributed by atoms with E-state index in [0.29, 0.717) is 0 Å². The van der Waals surface area contributed by atoms with Crippen LogP contribution in [0.2, 0.25) is 0 Å². The Bertz CT molecular complexity index is 616. The van der Waals surface area contributed by atoms with Crippen molar-refractivity contribution in [1.82, 2.24) is 10.3 Å². The summed E-state index contributed by atoms with van der Waals surface area (Å²) in [6, 6.07) is -0.308. The molecule has 0 unspecified atom stereocenters. The number of pyridine rings is 1. The number of nitrogens with zero attached hydrogens (tertiary/aromatic N) is 1. The first-order valence-corrected chi connectivity index (χ1v) is 6.68. The van der Waals surface area contributed by atoms with E-state index in [-0.39, 0.29) is 18.0 Å². The minimum Gasteiger partial charge on any atom is -0.444 e. The van der Waals surface area contributed by atoms with Gasteiger partial charge in [0.2, 0.25) is 5.82 Å². The summed E-state index contributed by atoms with van der Waals surface area (Å²) in [6.45, 7) is 6.98. The molecule has 22 heavy (non-hydrogen) atoms. The molecule has 0 radical (unpaired) electrons. The Kier molecular flexibility index (Phi) is 5.69. The van der Waals surface area contributed by atoms with Gasteiger partial charge in [-0.05, 0) is 27.7 Å². The molecule has 0 aromatic carbocycles. The molecule has 1 aromatic heterocycles. The Balaban J connectivity index is 2.61. The molecule has 0 aliphatic carbocycles. The lowest BCUT2D eigenvalue weighted by molar-refractivity contribution is 0.0509. The van der Waals surface area contributed by atoms with Crippen molar-refractivity contribution in [2.45, 2.75) is 45.8 Å². The zero-order chi connectivity index (χ0) is 16.9. The highest BCUT2D eigenvalue weighted by molar-refractivity contribution is 5.68. The van der Waals surface area contributed by atoms with Crippen LogP contribution in [0.4, 0.5) is 19.4 Å². The minimum absolute atomic E-state index is 0.184. The normalized spacial score (nSPS) is 12.1. The number of anilines is 1. The second-order valence-electron chi connectivity index (χ2n) is 5.74. The van der Waals surface area contributed by atoms with Crippen LogP contribution in [0.1, 0.15) is 39.7 Å². The zero-order valence-electron chi connectivity index (χ0n) is 13.0. The van der Waals surface area contributed by atoms with Crippen LogP contribution < -0.4 is 11.1 Å². The molecular formula is C15H19F2N3O2. The highest BCUT2D eigenvalue weighted by atomic mass is 19.2. The SMILES string of the molecule is C[C@@H](CC#Cc1cnc(N)c(F)c1F)NC(=O)OC(C)(C)C. The van der Waals surface area contributed by atoms with Gasteiger partial charge in [0.25, 0.3) is 0 Å². The van der Waals surface area contributed by atoms with Crippen molar-refractivity contribution in [3.63, 3.8) is 0 Å². The molecule has 1 amide bonds. The van der Waals surface area contributed by atoms with Gasteiger partial charge in [0.05, 0.1) is 5.56 Å². The van der Waals surface area contributed by atoms with Crippen molar-refractivity contribution in [3.8, 4) is 11.8 Å². The van der Waals surface area contributed by atoms with Crippen molar-refractivity contribution in [2.75, 3.05) is 5.73 Å². The topological polar surface area (TPSA) is 77.2 Å². The van der Waals surface area contributed by atoms with E-state index in [4.69, 9.17) is 10.5 Å². The number of nitrogen functional groups attached to an aromatic ring is 1. The summed E-state index contributed by atoms with van der Waals surface area (Å²) in [5, 5.41) is 2.59. The van der Waals surface area contributed by atoms with Gasteiger partial charge in [0, 0.05) is 18.7 Å². The number of amides is 1. The fourth-order valence-electron chi connectivity index (χ4n) is 1.42. The number of carbonyl (C=O) groups excluding carboxylic acids is 1. The van der Waals surface area contributed by atoms with Crippen molar-refractivity contribution >= 4 is 11.9 Å². The van der Waals surface area contributed by atoms with E-state index in [9.17, 15) is 13.6 Å². The fraction of sp³-hybridized carbons (Fsp3) is 0.467. The number of aromatic nitrogens is 1. The van der Waals surface area contributed by atoms with Crippen molar-refractivity contribution in [3.05, 3.63) is 23.4 Å². The summed E-state index contributed by atoms with van der Waals surface area (Å²) in [5.41, 5.74) is 4.36. The molecule has 3 N–H and O–H groups in total. The van der Waals surface area contributed by atoms with E-state index in [1.54, 1.807) is 27.7 Å². The molecule has 0 fully saturated rings. The third-order valence-electron chi connectivity index (χ3n) is 2.38. The number of rotatable bonds is 2. The number of carbonyl (C=O) groups is 1. The zero-order valence-corrected chi connectivity index (χ0v) is 13.0. The summed E-state index contributed by atoms with van der Waals surface area (Å²) in [7, 11) is 0. The van der Waals surface area contributed by atoms with Gasteiger partial charge in [-0.15, -0.1) is 0 Å². The fourth-order valence-corrected chi connectivity index (χ4v) is 1.42. The number of alkyl carbamates (subject to hydrolysis) is 1. The first kappa shape index (κ1) is 17.7. The Morgan fingerprint density at radius 2 is 2.09 bits per heavy atom. The molecule has 5 nitrogen and oxygen atoms in total. The van der Waals surface area contributed by atoms with E-state index in [1.807, 2.05) is 0 Å². The number of hydrogen-bond acceptors (Lipinski definition) is 4. The molecule has 0 spiro atoms. The van der Waals surface area contributed by atoms with Crippen LogP contribution >= 0.6 is 0 Å². The van der Waals surface area contributed by atoms with Gasteiger partial charge in [-0.3, -0.25) is 0 Å². The summed E-state index contributed by atoms with van der Waals surface area (Å²) < 4.78 is 31.8. The molecule has 0 bridgehead atoms. The van der Waals surface area contributed by atoms with Gasteiger partial charge in [-0.1, -0.05) is 11.8 Å². The Labute approximate surface area is 128 Å². The third-order valence-corrected chi connectivity index (χ3v) is 2.38. The second kappa shape index (κ2) is 7.07. The number of hydrogen-bond donors (Lipinski definition) is 2. The molecule has 0 saturated carbocycles. The van der Waals surface area contributed by atoms with Crippen LogP contribution in [0.15, 0.2) is 6.20 Å². The first-order valence-electron chi connectivity index (χ1n) is 6.68. The van der Waals surface area contributed by atoms with Crippen molar-refractivity contribution < 1.29 is 18.3 Å². The van der Waals surface area contributed by atoms with Gasteiger partial charge in [-0.25, -0.2) is 14.2 Å². The maximum atomic E-state index is 13.5. The van der Waals surface area contributed by atoms with Gasteiger partial charge in [0.15, 0.2) is 11.6 Å². The van der Waals surface area contributed by atoms with Crippen LogP contribution in [-0.2, 0) is 4.74 Å². The summed E-state index contributed by atoms with van der Waals surface area (Å²) in [6.07, 6.45) is 0.741. The lowest BCUT2D eigenvalue weighted by atomic mass is 10.2. The predicted molar refractivity (Wildman–Crippen MR) is 78.9 cm³/mol. The molecule has 0 saturated heterocycles. The van der Waals surface area contributed by atoms with E-state index in [2.05, 4.69) is 22.1 Å². The molecule has 0 aliphatic heterocycles. The molecule has 1 aromatic rings. The molecule has 1 heterocycles. The lowest BCUT2D eigenvalue weighted by Crippen LogP contribution is -2.37. The molecular weight excluding hydrogens is 292 g/mol. The van der Waals surface area contributed by atoms with Gasteiger partial charge >= 0.3 is 6.09 Å². The maximum absolute atomic E-state index is 13.5. The van der Waals surface area contributed by atoms with Crippen LogP contribution in [0.5, 0.6) is 0 Å². The molecule has 0 aliphatic rings. The average molecular weight is 311 g/mol. The quantitative estimate of drug-likeness (QED) is 0.823. The van der Waals surface area contributed by atoms with Crippen molar-refractivity contribution in [2.24, 2.45) is 0 Å². The number of nitrogens with two attached hydrogens (primary N) is 1. The Morgan fingerprint density at radius 3 is 2.68 bits per heavy atom. The second-order valence-corrected chi connectivity index (χ2v) is 5.74. The number of halogens is 2. The van der Waals surface area contributed by atoms with Crippen molar-refractivity contribution in [1.29, 1.82) is 0 Å². The Morgan fingerprint density at radius 1 is 1.45 bits per heavy atom. The van der Waals surface area contributed by atoms with Gasteiger partial charge < -0.3 is 15.8 Å². The Hall–Kier alpha value is -2.36. The van der Waals surface area contributed by atoms with Crippen LogP contribution in [0.25, 0.3) is 0 Å². The van der Waals surface area contributed by atoms with Crippen LogP contribution in [-0.4, -0.2) is 22.7 Å². The summed E-state index contributed by atoms with van der Waals surface area (Å²) in [5.74, 6) is 2.25. The smallest absolute Gasteiger partial charge is 0.407 e. The predicted octanol–water partition coefficient (Wildman–Crippen LogP) is 2.60. The monoisotopic (exact) mass is 311 g/mol. The van der Waals surface area contributed by atoms with E-state index in [0.717, 1.165) is 6.20 Å². The molecule has 1 atom stereocenters. The number of nitrogens with one attached hydrogen (secondary N) is 1. The number of ether oxygens (including phenoxy) is 1. The highest BCUT2D eigenvalue weighted by Crippen LogP contribution is 2.14. The standard InChI is InChI=1S/C15H19F2N3O2/c1-9(20-14(21)22-15(2,3)4)6-5-7-10-8-19-13(18)12(17)11(10)16/h8-9H,6H2,1-4H3,(H2,18,19)(H,20,21)/t9-/m0/s1. The first-order chi connectivity index (χ1) is 10.1. The van der Waals surface area contributed by atoms with Gasteiger partial charge in [-0.2, -0.15) is 4.39 Å². The summed E-state index contributed by atoms with van der Waals surface area (Å²) >= 11 is 0. The van der Waals surface area contributed by atoms with Crippen LogP contribution in [0, 0.1) is 23.5 Å². The largest absolute Gasteiger partial charge is 0.444 e. The highest BCUT2D eigenvalue weighted by Gasteiger charge is 2.17. The maximum Gasteiger partial charge on any atom is 0.407 e.